The molecule has 212 valence electrons. The highest BCUT2D eigenvalue weighted by Crippen LogP contribution is 2.29. The fraction of sp³-hybridized carbons (Fsp3) is 0.348. The van der Waals surface area contributed by atoms with Crippen molar-refractivity contribution in [1.29, 1.82) is 10.5 Å². The van der Waals surface area contributed by atoms with E-state index >= 15 is 0 Å². The van der Waals surface area contributed by atoms with E-state index in [2.05, 4.69) is 10.6 Å². The molecule has 0 spiro atoms. The molecule has 0 unspecified atom stereocenters. The molecule has 0 aromatic heterocycles. The minimum Gasteiger partial charge on any atom is -0.393 e. The van der Waals surface area contributed by atoms with Gasteiger partial charge in [0.1, 0.15) is 22.1 Å². The second-order valence-electron chi connectivity index (χ2n) is 7.70. The van der Waals surface area contributed by atoms with E-state index in [4.69, 9.17) is 30.1 Å². The van der Waals surface area contributed by atoms with Gasteiger partial charge in [-0.15, -0.1) is 12.4 Å². The molecule has 0 saturated heterocycles. The van der Waals surface area contributed by atoms with E-state index in [1.807, 2.05) is 19.1 Å². The summed E-state index contributed by atoms with van der Waals surface area (Å²) in [5, 5.41) is 21.4. The van der Waals surface area contributed by atoms with E-state index in [9.17, 15) is 16.8 Å². The number of hydrogen-bond donors (Lipinski definition) is 2. The molecular weight excluding hydrogens is 572 g/mol. The number of halogens is 1. The molecule has 0 aliphatic carbocycles. The zero-order chi connectivity index (χ0) is 28.2. The van der Waals surface area contributed by atoms with E-state index in [1.165, 1.54) is 24.3 Å². The number of aryl methyl sites for hydroxylation is 1. The second kappa shape index (κ2) is 15.6. The molecule has 0 bridgehead atoms. The normalized spacial score (nSPS) is 11.6. The fourth-order valence-electron chi connectivity index (χ4n) is 3.04. The maximum Gasteiger partial charge on any atom is 0.340 e. The van der Waals surface area contributed by atoms with Crippen molar-refractivity contribution in [3.05, 3.63) is 48.0 Å². The van der Waals surface area contributed by atoms with Gasteiger partial charge in [0, 0.05) is 32.0 Å². The third kappa shape index (κ3) is 9.81. The third-order valence-electron chi connectivity index (χ3n) is 4.64. The summed E-state index contributed by atoms with van der Waals surface area (Å²) < 4.78 is 59.3. The first kappa shape index (κ1) is 33.3. The number of hydroxylamine groups is 1. The minimum absolute atomic E-state index is 0. The van der Waals surface area contributed by atoms with Gasteiger partial charge in [-0.1, -0.05) is 19.1 Å². The van der Waals surface area contributed by atoms with Gasteiger partial charge in [0.2, 0.25) is 10.0 Å². The van der Waals surface area contributed by atoms with E-state index in [0.29, 0.717) is 12.2 Å². The van der Waals surface area contributed by atoms with Crippen molar-refractivity contribution < 1.29 is 30.7 Å². The summed E-state index contributed by atoms with van der Waals surface area (Å²) in [4.78, 5) is 9.09. The van der Waals surface area contributed by atoms with E-state index in [0.717, 1.165) is 22.9 Å². The molecule has 2 aromatic rings. The molecule has 0 heterocycles. The number of nitriles is 2. The highest BCUT2D eigenvalue weighted by molar-refractivity contribution is 7.91. The molecule has 16 heteroatoms. The van der Waals surface area contributed by atoms with E-state index in [-0.39, 0.29) is 55.8 Å². The van der Waals surface area contributed by atoms with Crippen LogP contribution in [-0.2, 0) is 25.0 Å². The quantitative estimate of drug-likeness (QED) is 0.106. The Kier molecular flexibility index (Phi) is 13.3. The van der Waals surface area contributed by atoms with Gasteiger partial charge in [-0.25, -0.2) is 8.42 Å². The molecule has 0 aliphatic heterocycles. The fourth-order valence-corrected chi connectivity index (χ4v) is 6.17. The summed E-state index contributed by atoms with van der Waals surface area (Å²) >= 11 is 0. The monoisotopic (exact) mass is 600 g/mol. The summed E-state index contributed by atoms with van der Waals surface area (Å²) in [6, 6.07) is 12.8. The zero-order valence-corrected chi connectivity index (χ0v) is 23.7. The van der Waals surface area contributed by atoms with Crippen LogP contribution in [0.5, 0.6) is 11.5 Å². The largest absolute Gasteiger partial charge is 0.393 e. The molecule has 2 aromatic carbocycles. The van der Waals surface area contributed by atoms with Crippen LogP contribution in [0.1, 0.15) is 31.7 Å². The van der Waals surface area contributed by atoms with Crippen molar-refractivity contribution in [2.24, 2.45) is 10.9 Å². The van der Waals surface area contributed by atoms with Crippen molar-refractivity contribution in [3.8, 4) is 23.6 Å². The molecule has 13 nitrogen and oxygen atoms in total. The lowest BCUT2D eigenvalue weighted by molar-refractivity contribution is 0.138. The molecule has 2 rings (SSSR count). The number of oxime groups is 1. The van der Waals surface area contributed by atoms with Gasteiger partial charge in [0.25, 0.3) is 5.96 Å². The Balaban J connectivity index is 0.00000760. The van der Waals surface area contributed by atoms with Crippen molar-refractivity contribution in [3.63, 3.8) is 0 Å². The number of hydrogen-bond acceptors (Lipinski definition) is 10. The van der Waals surface area contributed by atoms with Crippen LogP contribution in [0.3, 0.4) is 0 Å². The number of benzene rings is 2. The smallest absolute Gasteiger partial charge is 0.340 e. The standard InChI is InChI=1S/C23H28N6O7S2.ClH/c1-3-14-34-27-23(26)28-35-19-15-18(2)16-20(17-19)36-38(32,33)22-9-5-4-8-21(22)37(30,31)29(12-6-10-24)13-7-11-25;/h4-5,8-9,15-17H,3,6-7,12-14H2,1-2H3,(H3,26,27,28);1H. The summed E-state index contributed by atoms with van der Waals surface area (Å²) in [5.74, 6) is -0.201. The van der Waals surface area contributed by atoms with Crippen LogP contribution in [0.25, 0.3) is 0 Å². The lowest BCUT2D eigenvalue weighted by Crippen LogP contribution is -2.34. The van der Waals surface area contributed by atoms with Crippen LogP contribution in [0.15, 0.2) is 57.4 Å². The Morgan fingerprint density at radius 3 is 2.21 bits per heavy atom. The Morgan fingerprint density at radius 1 is 1.03 bits per heavy atom. The van der Waals surface area contributed by atoms with E-state index < -0.39 is 29.9 Å². The molecule has 3 N–H and O–H groups in total. The van der Waals surface area contributed by atoms with Gasteiger partial charge in [-0.05, 0) is 48.3 Å². The van der Waals surface area contributed by atoms with Crippen LogP contribution in [-0.4, -0.2) is 46.8 Å². The van der Waals surface area contributed by atoms with Gasteiger partial charge in [-0.2, -0.15) is 28.7 Å². The van der Waals surface area contributed by atoms with E-state index in [1.54, 1.807) is 13.0 Å². The molecule has 0 amide bonds. The average Bonchev–Trinajstić information content (AvgIpc) is 2.87. The maximum absolute atomic E-state index is 13.3. The first-order valence-corrected chi connectivity index (χ1v) is 14.2. The molecule has 0 atom stereocenters. The first-order chi connectivity index (χ1) is 18.0. The molecule has 0 aliphatic rings. The minimum atomic E-state index is -4.66. The predicted molar refractivity (Wildman–Crippen MR) is 144 cm³/mol. The second-order valence-corrected chi connectivity index (χ2v) is 11.1. The molecule has 39 heavy (non-hydrogen) atoms. The lowest BCUT2D eigenvalue weighted by Gasteiger charge is -2.21. The highest BCUT2D eigenvalue weighted by atomic mass is 35.5. The van der Waals surface area contributed by atoms with Crippen molar-refractivity contribution in [1.82, 2.24) is 9.79 Å². The number of nitrogens with two attached hydrogens (primary N) is 1. The Bertz CT molecular complexity index is 1420. The number of nitrogens with one attached hydrogen (secondary N) is 1. The van der Waals surface area contributed by atoms with Crippen LogP contribution in [0, 0.1) is 29.6 Å². The summed E-state index contributed by atoms with van der Waals surface area (Å²) in [6.45, 7) is 3.49. The SMILES string of the molecule is CCCON=C(N)NOc1cc(C)cc(OS(=O)(=O)c2ccccc2S(=O)(=O)N(CCC#N)CCC#N)c1.Cl. The van der Waals surface area contributed by atoms with Crippen LogP contribution in [0.2, 0.25) is 0 Å². The van der Waals surface area contributed by atoms with Gasteiger partial charge in [-0.3, -0.25) is 0 Å². The van der Waals surface area contributed by atoms with Crippen molar-refractivity contribution in [2.45, 2.75) is 42.9 Å². The summed E-state index contributed by atoms with van der Waals surface area (Å²) in [5.41, 5.74) is 8.54. The van der Waals surface area contributed by atoms with Crippen molar-refractivity contribution in [2.75, 3.05) is 19.7 Å². The van der Waals surface area contributed by atoms with Gasteiger partial charge in [0.15, 0.2) is 5.75 Å². The van der Waals surface area contributed by atoms with Gasteiger partial charge in [0.05, 0.1) is 12.1 Å². The maximum atomic E-state index is 13.3. The highest BCUT2D eigenvalue weighted by Gasteiger charge is 2.32. The molecule has 0 radical (unpaired) electrons. The third-order valence-corrected chi connectivity index (χ3v) is 8.04. The van der Waals surface area contributed by atoms with Crippen LogP contribution in [0.4, 0.5) is 0 Å². The Hall–Kier alpha value is -3.76. The summed E-state index contributed by atoms with van der Waals surface area (Å²) in [6.07, 6.45) is 0.444. The number of nitrogens with zero attached hydrogens (tertiary/aromatic N) is 4. The Labute approximate surface area is 234 Å². The van der Waals surface area contributed by atoms with Gasteiger partial charge < -0.3 is 19.6 Å². The molecule has 0 saturated carbocycles. The Morgan fingerprint density at radius 2 is 1.62 bits per heavy atom. The number of guanidine groups is 1. The predicted octanol–water partition coefficient (Wildman–Crippen LogP) is 2.54. The van der Waals surface area contributed by atoms with Crippen molar-refractivity contribution >= 4 is 38.5 Å². The van der Waals surface area contributed by atoms with Crippen LogP contribution >= 0.6 is 12.4 Å². The van der Waals surface area contributed by atoms with Gasteiger partial charge >= 0.3 is 10.1 Å². The van der Waals surface area contributed by atoms with Crippen LogP contribution < -0.4 is 20.2 Å². The number of sulfonamides is 1. The first-order valence-electron chi connectivity index (χ1n) is 11.3. The number of rotatable bonds is 14. The summed E-state index contributed by atoms with van der Waals surface area (Å²) in [7, 11) is -9.06. The molecular formula is C23H29ClN6O7S2. The zero-order valence-electron chi connectivity index (χ0n) is 21.2. The average molecular weight is 601 g/mol. The lowest BCUT2D eigenvalue weighted by atomic mass is 10.2. The molecule has 0 fully saturated rings. The topological polar surface area (TPSA) is 197 Å².